The second-order valence-electron chi connectivity index (χ2n) is 4.32. The molecule has 0 bridgehead atoms. The van der Waals surface area contributed by atoms with Gasteiger partial charge < -0.3 is 10.4 Å². The molecule has 1 amide bonds. The zero-order valence-corrected chi connectivity index (χ0v) is 11.3. The predicted molar refractivity (Wildman–Crippen MR) is 66.0 cm³/mol. The molecule has 0 atom stereocenters. The summed E-state index contributed by atoms with van der Waals surface area (Å²) in [5.41, 5.74) is -4.89. The first-order chi connectivity index (χ1) is 10.4. The van der Waals surface area contributed by atoms with E-state index in [1.807, 2.05) is 0 Å². The lowest BCUT2D eigenvalue weighted by molar-refractivity contribution is -0.143. The number of aliphatic hydroxyl groups excluding tert-OH is 1. The molecule has 10 heteroatoms. The van der Waals surface area contributed by atoms with Gasteiger partial charge in [-0.3, -0.25) is 4.79 Å². The van der Waals surface area contributed by atoms with Crippen LogP contribution in [0.5, 0.6) is 0 Å². The summed E-state index contributed by atoms with van der Waals surface area (Å²) in [6, 6.07) is 1.75. The summed E-state index contributed by atoms with van der Waals surface area (Å²) in [6.45, 7) is 0.964. The number of nitriles is 1. The number of aliphatic hydroxyl groups is 1. The highest BCUT2D eigenvalue weighted by molar-refractivity contribution is 6.06. The molecule has 2 N–H and O–H groups in total. The number of nitrogens with zero attached hydrogens (tertiary/aromatic N) is 1. The summed E-state index contributed by atoms with van der Waals surface area (Å²) in [4.78, 5) is 11.6. The summed E-state index contributed by atoms with van der Waals surface area (Å²) < 4.78 is 75.9. The minimum atomic E-state index is -5.07. The van der Waals surface area contributed by atoms with E-state index in [1.54, 1.807) is 5.32 Å². The molecule has 0 heterocycles. The molecule has 23 heavy (non-hydrogen) atoms. The van der Waals surface area contributed by atoms with Crippen molar-refractivity contribution in [3.05, 3.63) is 40.7 Å². The van der Waals surface area contributed by atoms with E-state index >= 15 is 0 Å². The maximum atomic E-state index is 12.6. The van der Waals surface area contributed by atoms with Crippen LogP contribution in [0.4, 0.5) is 32.0 Å². The number of nitrogens with one attached hydrogen (secondary N) is 1. The van der Waals surface area contributed by atoms with Crippen molar-refractivity contribution >= 4 is 11.6 Å². The van der Waals surface area contributed by atoms with Crippen LogP contribution in [-0.4, -0.2) is 11.0 Å². The second-order valence-corrected chi connectivity index (χ2v) is 4.32. The van der Waals surface area contributed by atoms with Crippen LogP contribution < -0.4 is 5.32 Å². The number of halogens is 6. The fraction of sp³-hybridized carbons (Fsp3) is 0.231. The Labute approximate surface area is 125 Å². The van der Waals surface area contributed by atoms with Crippen LogP contribution in [-0.2, 0) is 17.1 Å². The van der Waals surface area contributed by atoms with E-state index in [-0.39, 0.29) is 18.2 Å². The molecule has 0 aliphatic heterocycles. The maximum absolute atomic E-state index is 12.6. The smallest absolute Gasteiger partial charge is 0.416 e. The van der Waals surface area contributed by atoms with Gasteiger partial charge >= 0.3 is 12.4 Å². The lowest BCUT2D eigenvalue weighted by Gasteiger charge is -2.14. The number of benzene rings is 1. The van der Waals surface area contributed by atoms with Gasteiger partial charge in [-0.05, 0) is 25.1 Å². The van der Waals surface area contributed by atoms with E-state index < -0.39 is 46.4 Å². The Hall–Kier alpha value is -2.70. The topological polar surface area (TPSA) is 73.1 Å². The number of alkyl halides is 6. The molecular formula is C13H8F6N2O2. The average molecular weight is 338 g/mol. The van der Waals surface area contributed by atoms with Crippen LogP contribution in [0, 0.1) is 11.3 Å². The molecule has 0 saturated carbocycles. The van der Waals surface area contributed by atoms with Gasteiger partial charge in [-0.2, -0.15) is 31.6 Å². The predicted octanol–water partition coefficient (Wildman–Crippen LogP) is 4.02. The van der Waals surface area contributed by atoms with Crippen LogP contribution >= 0.6 is 0 Å². The third-order valence-electron chi connectivity index (χ3n) is 2.55. The van der Waals surface area contributed by atoms with E-state index in [0.29, 0.717) is 0 Å². The van der Waals surface area contributed by atoms with Crippen LogP contribution in [0.25, 0.3) is 0 Å². The Morgan fingerprint density at radius 3 is 1.83 bits per heavy atom. The third-order valence-corrected chi connectivity index (χ3v) is 2.55. The average Bonchev–Trinajstić information content (AvgIpc) is 2.36. The first kappa shape index (κ1) is 18.3. The van der Waals surface area contributed by atoms with Gasteiger partial charge in [0.2, 0.25) is 0 Å². The van der Waals surface area contributed by atoms with Gasteiger partial charge in [0.15, 0.2) is 5.57 Å². The molecular weight excluding hydrogens is 330 g/mol. The maximum Gasteiger partial charge on any atom is 0.416 e. The molecule has 0 saturated heterocycles. The van der Waals surface area contributed by atoms with Gasteiger partial charge in [0.25, 0.3) is 5.91 Å². The number of carbonyl (C=O) groups excluding carboxylic acids is 1. The highest BCUT2D eigenvalue weighted by Crippen LogP contribution is 2.37. The van der Waals surface area contributed by atoms with Crippen molar-refractivity contribution in [1.82, 2.24) is 0 Å². The standard InChI is InChI=1S/C13H8F6N2O2/c1-6(22)10(5-20)11(23)21-9-3-7(12(14,15)16)2-8(4-9)13(17,18)19/h2-4,22H,1H3,(H,21,23). The summed E-state index contributed by atoms with van der Waals surface area (Å²) in [5, 5.41) is 19.4. The molecule has 0 unspecified atom stereocenters. The van der Waals surface area contributed by atoms with Crippen LogP contribution in [0.15, 0.2) is 29.5 Å². The third kappa shape index (κ3) is 4.64. The van der Waals surface area contributed by atoms with Crippen molar-refractivity contribution < 1.29 is 36.2 Å². The number of hydrogen-bond acceptors (Lipinski definition) is 3. The van der Waals surface area contributed by atoms with Crippen molar-refractivity contribution in [2.45, 2.75) is 19.3 Å². The van der Waals surface area contributed by atoms with Gasteiger partial charge in [-0.25, -0.2) is 0 Å². The second kappa shape index (κ2) is 6.20. The van der Waals surface area contributed by atoms with E-state index in [9.17, 15) is 31.1 Å². The largest absolute Gasteiger partial charge is 0.511 e. The van der Waals surface area contributed by atoms with Crippen LogP contribution in [0.3, 0.4) is 0 Å². The first-order valence-corrected chi connectivity index (χ1v) is 5.77. The van der Waals surface area contributed by atoms with Crippen molar-refractivity contribution in [2.24, 2.45) is 0 Å². The SMILES string of the molecule is CC(O)=C(C#N)C(=O)Nc1cc(C(F)(F)F)cc(C(F)(F)F)c1. The quantitative estimate of drug-likeness (QED) is 0.370. The molecule has 0 aliphatic rings. The highest BCUT2D eigenvalue weighted by Gasteiger charge is 2.37. The Balaban J connectivity index is 3.35. The Morgan fingerprint density at radius 2 is 1.52 bits per heavy atom. The normalized spacial score (nSPS) is 13.1. The molecule has 1 aromatic rings. The summed E-state index contributed by atoms with van der Waals surface area (Å²) in [7, 11) is 0. The Bertz CT molecular complexity index is 662. The van der Waals surface area contributed by atoms with Gasteiger partial charge in [0.1, 0.15) is 11.8 Å². The number of carbonyl (C=O) groups is 1. The van der Waals surface area contributed by atoms with E-state index in [4.69, 9.17) is 10.4 Å². The van der Waals surface area contributed by atoms with Crippen LogP contribution in [0.1, 0.15) is 18.1 Å². The number of amides is 1. The molecule has 4 nitrogen and oxygen atoms in total. The van der Waals surface area contributed by atoms with Gasteiger partial charge in [-0.15, -0.1) is 0 Å². The van der Waals surface area contributed by atoms with Crippen molar-refractivity contribution in [3.63, 3.8) is 0 Å². The van der Waals surface area contributed by atoms with Crippen LogP contribution in [0.2, 0.25) is 0 Å². The zero-order valence-electron chi connectivity index (χ0n) is 11.3. The lowest BCUT2D eigenvalue weighted by atomic mass is 10.1. The van der Waals surface area contributed by atoms with Gasteiger partial charge in [-0.1, -0.05) is 0 Å². The highest BCUT2D eigenvalue weighted by atomic mass is 19.4. The molecule has 1 aromatic carbocycles. The number of allylic oxidation sites excluding steroid dienone is 1. The summed E-state index contributed by atoms with van der Waals surface area (Å²) in [5.74, 6) is -2.06. The molecule has 0 aliphatic carbocycles. The number of rotatable bonds is 2. The molecule has 0 aromatic heterocycles. The first-order valence-electron chi connectivity index (χ1n) is 5.77. The molecule has 0 fully saturated rings. The van der Waals surface area contributed by atoms with E-state index in [1.165, 1.54) is 6.07 Å². The van der Waals surface area contributed by atoms with E-state index in [0.717, 1.165) is 6.92 Å². The van der Waals surface area contributed by atoms with Crippen molar-refractivity contribution in [1.29, 1.82) is 5.26 Å². The van der Waals surface area contributed by atoms with Gasteiger partial charge in [0.05, 0.1) is 11.1 Å². The van der Waals surface area contributed by atoms with Crippen molar-refractivity contribution in [2.75, 3.05) is 5.32 Å². The van der Waals surface area contributed by atoms with Crippen molar-refractivity contribution in [3.8, 4) is 6.07 Å². The monoisotopic (exact) mass is 338 g/mol. The fourth-order valence-electron chi connectivity index (χ4n) is 1.52. The Kier molecular flexibility index (Phi) is 4.94. The molecule has 0 spiro atoms. The Morgan fingerprint density at radius 1 is 1.09 bits per heavy atom. The lowest BCUT2D eigenvalue weighted by Crippen LogP contribution is -2.17. The van der Waals surface area contributed by atoms with E-state index in [2.05, 4.69) is 0 Å². The zero-order chi connectivity index (χ0) is 18.0. The molecule has 1 rings (SSSR count). The van der Waals surface area contributed by atoms with Gasteiger partial charge in [0, 0.05) is 5.69 Å². The minimum Gasteiger partial charge on any atom is -0.511 e. The molecule has 0 radical (unpaired) electrons. The number of hydrogen-bond donors (Lipinski definition) is 2. The summed E-state index contributed by atoms with van der Waals surface area (Å²) >= 11 is 0. The minimum absolute atomic E-state index is 0.103. The number of anilines is 1. The summed E-state index contributed by atoms with van der Waals surface area (Å²) in [6.07, 6.45) is -10.1. The fourth-order valence-corrected chi connectivity index (χ4v) is 1.52. The molecule has 124 valence electrons.